The van der Waals surface area contributed by atoms with E-state index < -0.39 is 0 Å². The smallest absolute Gasteiger partial charge is 0.0862 e. The summed E-state index contributed by atoms with van der Waals surface area (Å²) in [5.74, 6) is 0. The molecule has 0 amide bonds. The second-order valence-electron chi connectivity index (χ2n) is 7.78. The van der Waals surface area contributed by atoms with Crippen LogP contribution >= 0.6 is 22.7 Å². The summed E-state index contributed by atoms with van der Waals surface area (Å²) < 4.78 is 4.62. The van der Waals surface area contributed by atoms with E-state index in [4.69, 9.17) is 5.10 Å². The van der Waals surface area contributed by atoms with Crippen LogP contribution in [-0.4, -0.2) is 9.78 Å². The van der Waals surface area contributed by atoms with Gasteiger partial charge in [-0.1, -0.05) is 54.6 Å². The molecule has 0 saturated heterocycles. The van der Waals surface area contributed by atoms with Crippen LogP contribution in [0.4, 0.5) is 0 Å². The van der Waals surface area contributed by atoms with Gasteiger partial charge < -0.3 is 0 Å². The van der Waals surface area contributed by atoms with Gasteiger partial charge in [-0.25, -0.2) is 4.68 Å². The zero-order valence-electron chi connectivity index (χ0n) is 17.8. The standard InChI is InChI=1S/C29H20N2S2/c1-2-10-24(11-3-1)31-25(15-17-27-19-22-9-5-7-13-29(22)33-27)20-23(30-31)14-16-26-18-21-8-4-6-12-28(21)32-26/h1-20H/b16-14+,17-15+. The van der Waals surface area contributed by atoms with Crippen molar-refractivity contribution in [1.29, 1.82) is 0 Å². The van der Waals surface area contributed by atoms with E-state index in [1.54, 1.807) is 22.7 Å². The summed E-state index contributed by atoms with van der Waals surface area (Å²) in [6, 6.07) is 33.9. The maximum Gasteiger partial charge on any atom is 0.0862 e. The Kier molecular flexibility index (Phi) is 5.23. The van der Waals surface area contributed by atoms with Crippen molar-refractivity contribution in [2.24, 2.45) is 0 Å². The van der Waals surface area contributed by atoms with Gasteiger partial charge in [0.15, 0.2) is 0 Å². The van der Waals surface area contributed by atoms with Crippen molar-refractivity contribution < 1.29 is 0 Å². The van der Waals surface area contributed by atoms with E-state index >= 15 is 0 Å². The molecular formula is C29H20N2S2. The van der Waals surface area contributed by atoms with Gasteiger partial charge in [-0.2, -0.15) is 5.10 Å². The quantitative estimate of drug-likeness (QED) is 0.252. The van der Waals surface area contributed by atoms with E-state index in [1.165, 1.54) is 29.9 Å². The molecule has 0 atom stereocenters. The molecule has 0 saturated carbocycles. The Morgan fingerprint density at radius 1 is 0.576 bits per heavy atom. The van der Waals surface area contributed by atoms with Crippen molar-refractivity contribution in [2.45, 2.75) is 0 Å². The first-order chi connectivity index (χ1) is 16.3. The van der Waals surface area contributed by atoms with E-state index in [1.807, 2.05) is 22.9 Å². The predicted octanol–water partition coefficient (Wildman–Crippen LogP) is 8.64. The third-order valence-corrected chi connectivity index (χ3v) is 7.65. The fourth-order valence-electron chi connectivity index (χ4n) is 3.90. The van der Waals surface area contributed by atoms with Crippen LogP contribution in [0.5, 0.6) is 0 Å². The lowest BCUT2D eigenvalue weighted by Crippen LogP contribution is -1.98. The fraction of sp³-hybridized carbons (Fsp3) is 0. The molecule has 3 heterocycles. The van der Waals surface area contributed by atoms with E-state index in [0.29, 0.717) is 0 Å². The van der Waals surface area contributed by atoms with Crippen molar-refractivity contribution in [3.63, 3.8) is 0 Å². The van der Waals surface area contributed by atoms with Gasteiger partial charge in [-0.05, 0) is 77.5 Å². The maximum absolute atomic E-state index is 4.89. The van der Waals surface area contributed by atoms with Gasteiger partial charge >= 0.3 is 0 Å². The molecule has 3 aromatic heterocycles. The summed E-state index contributed by atoms with van der Waals surface area (Å²) in [6.07, 6.45) is 8.59. The van der Waals surface area contributed by atoms with Crippen LogP contribution in [0.15, 0.2) is 97.1 Å². The van der Waals surface area contributed by atoms with Crippen LogP contribution in [0.25, 0.3) is 50.2 Å². The maximum atomic E-state index is 4.89. The number of benzene rings is 3. The Labute approximate surface area is 200 Å². The average molecular weight is 461 g/mol. The summed E-state index contributed by atoms with van der Waals surface area (Å²) >= 11 is 3.60. The third-order valence-electron chi connectivity index (χ3n) is 5.48. The molecule has 0 bridgehead atoms. The monoisotopic (exact) mass is 460 g/mol. The molecule has 0 radical (unpaired) electrons. The van der Waals surface area contributed by atoms with Crippen molar-refractivity contribution in [3.8, 4) is 5.69 Å². The van der Waals surface area contributed by atoms with E-state index in [-0.39, 0.29) is 0 Å². The van der Waals surface area contributed by atoms with Gasteiger partial charge in [0.05, 0.1) is 17.1 Å². The molecule has 3 aromatic carbocycles. The minimum Gasteiger partial charge on any atom is -0.233 e. The summed E-state index contributed by atoms with van der Waals surface area (Å²) in [5, 5.41) is 7.46. The highest BCUT2D eigenvalue weighted by Crippen LogP contribution is 2.28. The van der Waals surface area contributed by atoms with Crippen LogP contribution in [0.1, 0.15) is 21.1 Å². The van der Waals surface area contributed by atoms with Gasteiger partial charge in [-0.3, -0.25) is 0 Å². The van der Waals surface area contributed by atoms with Crippen molar-refractivity contribution in [1.82, 2.24) is 9.78 Å². The number of thiophene rings is 2. The number of hydrogen-bond donors (Lipinski definition) is 0. The predicted molar refractivity (Wildman–Crippen MR) is 145 cm³/mol. The first-order valence-electron chi connectivity index (χ1n) is 10.8. The van der Waals surface area contributed by atoms with Gasteiger partial charge in [0.1, 0.15) is 0 Å². The largest absolute Gasteiger partial charge is 0.233 e. The second kappa shape index (κ2) is 8.66. The van der Waals surface area contributed by atoms with Crippen LogP contribution in [0, 0.1) is 0 Å². The van der Waals surface area contributed by atoms with E-state index in [0.717, 1.165) is 17.1 Å². The molecule has 158 valence electrons. The van der Waals surface area contributed by atoms with Gasteiger partial charge in [0, 0.05) is 19.2 Å². The molecule has 4 heteroatoms. The first-order valence-corrected chi connectivity index (χ1v) is 12.4. The minimum atomic E-state index is 0.937. The number of fused-ring (bicyclic) bond motifs is 2. The Bertz CT molecular complexity index is 1550. The topological polar surface area (TPSA) is 17.8 Å². The highest BCUT2D eigenvalue weighted by atomic mass is 32.1. The fourth-order valence-corrected chi connectivity index (χ4v) is 5.83. The van der Waals surface area contributed by atoms with Crippen molar-refractivity contribution >= 4 is 67.1 Å². The highest BCUT2D eigenvalue weighted by Gasteiger charge is 2.07. The lowest BCUT2D eigenvalue weighted by Gasteiger charge is -2.03. The molecule has 6 rings (SSSR count). The summed E-state index contributed by atoms with van der Waals surface area (Å²) in [5.41, 5.74) is 3.04. The number of aromatic nitrogens is 2. The number of hydrogen-bond acceptors (Lipinski definition) is 3. The molecule has 6 aromatic rings. The van der Waals surface area contributed by atoms with E-state index in [9.17, 15) is 0 Å². The SMILES string of the molecule is C(=C\c1cc2ccccc2s1)/c1cc(/C=C/c2cc3ccccc3s2)n(-c2ccccc2)n1. The molecule has 0 unspecified atom stereocenters. The molecule has 0 fully saturated rings. The van der Waals surface area contributed by atoms with Crippen LogP contribution in [0.3, 0.4) is 0 Å². The summed E-state index contributed by atoms with van der Waals surface area (Å²) in [4.78, 5) is 2.47. The summed E-state index contributed by atoms with van der Waals surface area (Å²) in [6.45, 7) is 0. The molecule has 33 heavy (non-hydrogen) atoms. The Hall–Kier alpha value is -3.73. The number of rotatable bonds is 5. The first kappa shape index (κ1) is 19.9. The number of para-hydroxylation sites is 1. The van der Waals surface area contributed by atoms with Gasteiger partial charge in [0.25, 0.3) is 0 Å². The molecule has 0 aliphatic heterocycles. The lowest BCUT2D eigenvalue weighted by atomic mass is 10.2. The highest BCUT2D eigenvalue weighted by molar-refractivity contribution is 7.20. The molecule has 2 nitrogen and oxygen atoms in total. The second-order valence-corrected chi connectivity index (χ2v) is 10.0. The molecule has 0 spiro atoms. The molecule has 0 aliphatic carbocycles. The average Bonchev–Trinajstić information content (AvgIpc) is 3.57. The minimum absolute atomic E-state index is 0.937. The van der Waals surface area contributed by atoms with Gasteiger partial charge in [-0.15, -0.1) is 22.7 Å². The van der Waals surface area contributed by atoms with Crippen LogP contribution in [-0.2, 0) is 0 Å². The molecule has 0 aliphatic rings. The Morgan fingerprint density at radius 3 is 1.79 bits per heavy atom. The third kappa shape index (κ3) is 4.19. The van der Waals surface area contributed by atoms with Crippen molar-refractivity contribution in [2.75, 3.05) is 0 Å². The normalized spacial score (nSPS) is 12.0. The zero-order chi connectivity index (χ0) is 22.0. The van der Waals surface area contributed by atoms with E-state index in [2.05, 4.69) is 103 Å². The van der Waals surface area contributed by atoms with Crippen LogP contribution < -0.4 is 0 Å². The lowest BCUT2D eigenvalue weighted by molar-refractivity contribution is 0.867. The van der Waals surface area contributed by atoms with Crippen molar-refractivity contribution in [3.05, 3.63) is 118 Å². The molecular weight excluding hydrogens is 440 g/mol. The Morgan fingerprint density at radius 2 is 1.15 bits per heavy atom. The Balaban J connectivity index is 1.35. The number of nitrogens with zero attached hydrogens (tertiary/aromatic N) is 2. The summed E-state index contributed by atoms with van der Waals surface area (Å²) in [7, 11) is 0. The van der Waals surface area contributed by atoms with Gasteiger partial charge in [0.2, 0.25) is 0 Å². The molecule has 0 N–H and O–H groups in total. The zero-order valence-corrected chi connectivity index (χ0v) is 19.4. The van der Waals surface area contributed by atoms with Crippen LogP contribution in [0.2, 0.25) is 0 Å².